The van der Waals surface area contributed by atoms with E-state index in [0.717, 1.165) is 0 Å². The second-order valence-electron chi connectivity index (χ2n) is 5.21. The molecule has 10 nitrogen and oxygen atoms in total. The van der Waals surface area contributed by atoms with Crippen molar-refractivity contribution >= 4 is 27.6 Å². The SMILES string of the molecule is COC(=O)c1ccccc1S(=O)(=O)Nc1nc2c(OC)ccc(OC)n2n1. The van der Waals surface area contributed by atoms with Gasteiger partial charge in [0.1, 0.15) is 4.90 Å². The maximum absolute atomic E-state index is 12.8. The van der Waals surface area contributed by atoms with Crippen LogP contribution in [-0.2, 0) is 14.8 Å². The summed E-state index contributed by atoms with van der Waals surface area (Å²) in [5.74, 6) is -0.276. The van der Waals surface area contributed by atoms with Gasteiger partial charge in [-0.3, -0.25) is 0 Å². The molecular formula is C16H16N4O6S. The summed E-state index contributed by atoms with van der Waals surface area (Å²) in [6.07, 6.45) is 0. The first kappa shape index (κ1) is 18.5. The van der Waals surface area contributed by atoms with Crippen LogP contribution in [0.5, 0.6) is 11.6 Å². The molecule has 0 atom stereocenters. The lowest BCUT2D eigenvalue weighted by Crippen LogP contribution is -2.18. The minimum atomic E-state index is -4.16. The van der Waals surface area contributed by atoms with Crippen molar-refractivity contribution in [1.29, 1.82) is 0 Å². The fourth-order valence-corrected chi connectivity index (χ4v) is 3.56. The molecule has 2 aromatic heterocycles. The van der Waals surface area contributed by atoms with E-state index in [4.69, 9.17) is 9.47 Å². The van der Waals surface area contributed by atoms with Gasteiger partial charge in [0.15, 0.2) is 5.75 Å². The number of anilines is 1. The molecule has 0 radical (unpaired) electrons. The third-order valence-electron chi connectivity index (χ3n) is 3.65. The molecule has 3 rings (SSSR count). The van der Waals surface area contributed by atoms with Crippen molar-refractivity contribution in [3.63, 3.8) is 0 Å². The number of nitrogens with one attached hydrogen (secondary N) is 1. The van der Waals surface area contributed by atoms with Gasteiger partial charge < -0.3 is 14.2 Å². The second kappa shape index (κ2) is 7.11. The standard InChI is InChI=1S/C16H16N4O6S/c1-24-11-8-9-13(25-2)20-14(11)17-16(18-20)19-27(22,23)12-7-5-4-6-10(12)15(21)26-3/h4-9H,1-3H3,(H,18,19). The molecule has 0 aliphatic heterocycles. The molecule has 142 valence electrons. The summed E-state index contributed by atoms with van der Waals surface area (Å²) < 4.78 is 44.1. The molecule has 27 heavy (non-hydrogen) atoms. The lowest BCUT2D eigenvalue weighted by Gasteiger charge is -2.08. The Morgan fingerprint density at radius 2 is 1.81 bits per heavy atom. The van der Waals surface area contributed by atoms with Crippen LogP contribution in [0.2, 0.25) is 0 Å². The van der Waals surface area contributed by atoms with E-state index in [1.165, 1.54) is 50.1 Å². The Hall–Kier alpha value is -3.34. The van der Waals surface area contributed by atoms with Crippen molar-refractivity contribution in [2.45, 2.75) is 4.90 Å². The van der Waals surface area contributed by atoms with Crippen LogP contribution < -0.4 is 14.2 Å². The lowest BCUT2D eigenvalue weighted by molar-refractivity contribution is 0.0596. The van der Waals surface area contributed by atoms with E-state index in [1.807, 2.05) is 0 Å². The van der Waals surface area contributed by atoms with Crippen LogP contribution in [0.4, 0.5) is 5.95 Å². The van der Waals surface area contributed by atoms with Gasteiger partial charge in [-0.2, -0.15) is 9.50 Å². The van der Waals surface area contributed by atoms with Crippen molar-refractivity contribution < 1.29 is 27.4 Å². The number of pyridine rings is 1. The Kier molecular flexibility index (Phi) is 4.86. The molecule has 3 aromatic rings. The summed E-state index contributed by atoms with van der Waals surface area (Å²) >= 11 is 0. The van der Waals surface area contributed by atoms with Crippen molar-refractivity contribution in [2.75, 3.05) is 26.1 Å². The highest BCUT2D eigenvalue weighted by atomic mass is 32.2. The number of benzene rings is 1. The quantitative estimate of drug-likeness (QED) is 0.624. The summed E-state index contributed by atoms with van der Waals surface area (Å²) in [5.41, 5.74) is 0.155. The first-order valence-electron chi connectivity index (χ1n) is 7.59. The van der Waals surface area contributed by atoms with Gasteiger partial charge in [-0.05, 0) is 18.2 Å². The highest BCUT2D eigenvalue weighted by Crippen LogP contribution is 2.25. The molecule has 0 spiro atoms. The van der Waals surface area contributed by atoms with Crippen LogP contribution in [0, 0.1) is 0 Å². The van der Waals surface area contributed by atoms with E-state index in [1.54, 1.807) is 12.1 Å². The number of fused-ring (bicyclic) bond motifs is 1. The van der Waals surface area contributed by atoms with Crippen molar-refractivity contribution in [3.05, 3.63) is 42.0 Å². The Morgan fingerprint density at radius 3 is 2.48 bits per heavy atom. The van der Waals surface area contributed by atoms with Gasteiger partial charge in [-0.15, -0.1) is 5.10 Å². The van der Waals surface area contributed by atoms with Gasteiger partial charge in [0.2, 0.25) is 11.5 Å². The number of hydrogen-bond donors (Lipinski definition) is 1. The number of esters is 1. The minimum absolute atomic E-state index is 0.105. The summed E-state index contributed by atoms with van der Waals surface area (Å²) in [4.78, 5) is 15.7. The van der Waals surface area contributed by atoms with E-state index in [0.29, 0.717) is 11.6 Å². The number of nitrogens with zero attached hydrogens (tertiary/aromatic N) is 3. The third kappa shape index (κ3) is 3.36. The predicted molar refractivity (Wildman–Crippen MR) is 94.7 cm³/mol. The van der Waals surface area contributed by atoms with E-state index in [-0.39, 0.29) is 22.1 Å². The van der Waals surface area contributed by atoms with Crippen LogP contribution in [0.1, 0.15) is 10.4 Å². The number of methoxy groups -OCH3 is 3. The molecule has 0 unspecified atom stereocenters. The average molecular weight is 392 g/mol. The van der Waals surface area contributed by atoms with Gasteiger partial charge in [-0.25, -0.2) is 17.9 Å². The van der Waals surface area contributed by atoms with Crippen molar-refractivity contribution in [2.24, 2.45) is 0 Å². The zero-order valence-electron chi connectivity index (χ0n) is 14.7. The number of hydrogen-bond acceptors (Lipinski definition) is 8. The van der Waals surface area contributed by atoms with E-state index in [2.05, 4.69) is 19.5 Å². The largest absolute Gasteiger partial charge is 0.493 e. The summed E-state index contributed by atoms with van der Waals surface area (Å²) in [6, 6.07) is 8.88. The smallest absolute Gasteiger partial charge is 0.339 e. The van der Waals surface area contributed by atoms with E-state index >= 15 is 0 Å². The number of carbonyl (C=O) groups is 1. The van der Waals surface area contributed by atoms with Gasteiger partial charge in [0, 0.05) is 6.07 Å². The summed E-state index contributed by atoms with van der Waals surface area (Å²) in [6.45, 7) is 0. The van der Waals surface area contributed by atoms with Gasteiger partial charge in [-0.1, -0.05) is 12.1 Å². The first-order chi connectivity index (χ1) is 12.9. The Labute approximate surface area is 154 Å². The maximum atomic E-state index is 12.8. The van der Waals surface area contributed by atoms with Gasteiger partial charge in [0.05, 0.1) is 26.9 Å². The zero-order valence-corrected chi connectivity index (χ0v) is 15.5. The van der Waals surface area contributed by atoms with Crippen molar-refractivity contribution in [1.82, 2.24) is 14.6 Å². The molecule has 0 bridgehead atoms. The Balaban J connectivity index is 2.06. The lowest BCUT2D eigenvalue weighted by atomic mass is 10.2. The van der Waals surface area contributed by atoms with Gasteiger partial charge >= 0.3 is 5.97 Å². The fourth-order valence-electron chi connectivity index (χ4n) is 2.43. The van der Waals surface area contributed by atoms with Crippen LogP contribution in [0.15, 0.2) is 41.3 Å². The molecule has 0 aliphatic carbocycles. The van der Waals surface area contributed by atoms with E-state index in [9.17, 15) is 13.2 Å². The fraction of sp³-hybridized carbons (Fsp3) is 0.188. The van der Waals surface area contributed by atoms with E-state index < -0.39 is 16.0 Å². The molecule has 0 saturated carbocycles. The monoisotopic (exact) mass is 392 g/mol. The molecule has 11 heteroatoms. The number of rotatable bonds is 6. The normalized spacial score (nSPS) is 11.2. The Morgan fingerprint density at radius 1 is 1.07 bits per heavy atom. The molecule has 2 heterocycles. The molecule has 0 saturated heterocycles. The minimum Gasteiger partial charge on any atom is -0.493 e. The summed E-state index contributed by atoms with van der Waals surface area (Å²) in [7, 11) is -0.0935. The average Bonchev–Trinajstić information content (AvgIpc) is 3.09. The van der Waals surface area contributed by atoms with Crippen LogP contribution in [0.3, 0.4) is 0 Å². The van der Waals surface area contributed by atoms with Crippen LogP contribution in [-0.4, -0.2) is 50.3 Å². The number of aromatic nitrogens is 3. The predicted octanol–water partition coefficient (Wildman–Crippen LogP) is 1.33. The number of carbonyl (C=O) groups excluding carboxylic acids is 1. The van der Waals surface area contributed by atoms with Crippen LogP contribution in [0.25, 0.3) is 5.65 Å². The van der Waals surface area contributed by atoms with Crippen molar-refractivity contribution in [3.8, 4) is 11.6 Å². The summed E-state index contributed by atoms with van der Waals surface area (Å²) in [5, 5.41) is 4.09. The van der Waals surface area contributed by atoms with Crippen LogP contribution >= 0.6 is 0 Å². The first-order valence-corrected chi connectivity index (χ1v) is 9.07. The zero-order chi connectivity index (χ0) is 19.6. The molecule has 1 aromatic carbocycles. The molecular weight excluding hydrogens is 376 g/mol. The third-order valence-corrected chi connectivity index (χ3v) is 5.04. The molecule has 0 amide bonds. The number of sulfonamides is 1. The molecule has 0 fully saturated rings. The maximum Gasteiger partial charge on any atom is 0.339 e. The number of ether oxygens (including phenoxy) is 3. The molecule has 0 aliphatic rings. The molecule has 1 N–H and O–H groups in total. The topological polar surface area (TPSA) is 121 Å². The highest BCUT2D eigenvalue weighted by molar-refractivity contribution is 7.92. The highest BCUT2D eigenvalue weighted by Gasteiger charge is 2.25. The second-order valence-corrected chi connectivity index (χ2v) is 6.86. The Bertz CT molecular complexity index is 1070. The van der Waals surface area contributed by atoms with Gasteiger partial charge in [0.25, 0.3) is 16.0 Å².